The summed E-state index contributed by atoms with van der Waals surface area (Å²) in [5.41, 5.74) is 0. The van der Waals surface area contributed by atoms with E-state index in [4.69, 9.17) is 16.0 Å². The topological polar surface area (TPSA) is 63.0 Å². The van der Waals surface area contributed by atoms with E-state index in [1.807, 2.05) is 12.1 Å². The van der Waals surface area contributed by atoms with E-state index in [0.717, 1.165) is 15.8 Å². The van der Waals surface area contributed by atoms with Gasteiger partial charge in [-0.3, -0.25) is 0 Å². The van der Waals surface area contributed by atoms with Gasteiger partial charge in [0.1, 0.15) is 0 Å². The van der Waals surface area contributed by atoms with Crippen LogP contribution in [0, 0.1) is 5.92 Å². The molecule has 0 radical (unpaired) electrons. The van der Waals surface area contributed by atoms with Crippen molar-refractivity contribution in [3.05, 3.63) is 27.2 Å². The third-order valence-corrected chi connectivity index (χ3v) is 3.57. The van der Waals surface area contributed by atoms with Crippen LogP contribution in [0.5, 0.6) is 0 Å². The molecule has 2 heterocycles. The number of anilines is 1. The molecule has 2 N–H and O–H groups in total. The highest BCUT2D eigenvalue weighted by molar-refractivity contribution is 7.16. The van der Waals surface area contributed by atoms with Crippen molar-refractivity contribution in [2.75, 3.05) is 11.9 Å². The smallest absolute Gasteiger partial charge is 0.315 e. The fraction of sp³-hybridized carbons (Fsp3) is 0.500. The molecule has 0 aliphatic carbocycles. The number of thiophene rings is 1. The van der Waals surface area contributed by atoms with Crippen molar-refractivity contribution in [2.24, 2.45) is 5.92 Å². The van der Waals surface area contributed by atoms with Gasteiger partial charge >= 0.3 is 6.01 Å². The third kappa shape index (κ3) is 4.81. The molecule has 2 aromatic rings. The monoisotopic (exact) mass is 300 g/mol. The zero-order chi connectivity index (χ0) is 13.7. The number of hydrogen-bond donors (Lipinski definition) is 2. The molecule has 0 amide bonds. The molecule has 0 saturated heterocycles. The number of hydrogen-bond acceptors (Lipinski definition) is 6. The number of aromatic nitrogens is 2. The van der Waals surface area contributed by atoms with E-state index in [2.05, 4.69) is 34.7 Å². The molecule has 0 aromatic carbocycles. The molecule has 0 bridgehead atoms. The van der Waals surface area contributed by atoms with Crippen LogP contribution in [-0.2, 0) is 13.1 Å². The molecule has 0 saturated carbocycles. The van der Waals surface area contributed by atoms with Gasteiger partial charge in [0.2, 0.25) is 5.89 Å². The van der Waals surface area contributed by atoms with Gasteiger partial charge in [-0.25, -0.2) is 0 Å². The van der Waals surface area contributed by atoms with Gasteiger partial charge in [-0.15, -0.1) is 16.4 Å². The maximum atomic E-state index is 5.86. The van der Waals surface area contributed by atoms with Crippen LogP contribution in [0.2, 0.25) is 4.34 Å². The van der Waals surface area contributed by atoms with E-state index in [0.29, 0.717) is 30.9 Å². The molecule has 0 atom stereocenters. The van der Waals surface area contributed by atoms with E-state index in [9.17, 15) is 0 Å². The summed E-state index contributed by atoms with van der Waals surface area (Å²) in [6.45, 7) is 6.47. The van der Waals surface area contributed by atoms with Crippen molar-refractivity contribution in [3.63, 3.8) is 0 Å². The van der Waals surface area contributed by atoms with Crippen molar-refractivity contribution >= 4 is 29.0 Å². The Bertz CT molecular complexity index is 511. The van der Waals surface area contributed by atoms with Gasteiger partial charge in [-0.2, -0.15) is 0 Å². The van der Waals surface area contributed by atoms with Crippen LogP contribution < -0.4 is 10.6 Å². The summed E-state index contributed by atoms with van der Waals surface area (Å²) in [4.78, 5) is 1.13. The molecule has 0 spiro atoms. The van der Waals surface area contributed by atoms with Crippen molar-refractivity contribution in [2.45, 2.75) is 26.9 Å². The van der Waals surface area contributed by atoms with Crippen molar-refractivity contribution in [1.82, 2.24) is 15.5 Å². The molecule has 0 aliphatic rings. The van der Waals surface area contributed by atoms with Crippen molar-refractivity contribution in [1.29, 1.82) is 0 Å². The SMILES string of the molecule is CC(C)CNCc1nnc(NCc2ccc(Cl)s2)o1. The Morgan fingerprint density at radius 1 is 1.32 bits per heavy atom. The average Bonchev–Trinajstić information content (AvgIpc) is 2.95. The highest BCUT2D eigenvalue weighted by Gasteiger charge is 2.06. The quantitative estimate of drug-likeness (QED) is 0.822. The van der Waals surface area contributed by atoms with Gasteiger partial charge in [-0.1, -0.05) is 30.5 Å². The van der Waals surface area contributed by atoms with Gasteiger partial charge in [0, 0.05) is 4.88 Å². The average molecular weight is 301 g/mol. The van der Waals surface area contributed by atoms with E-state index >= 15 is 0 Å². The van der Waals surface area contributed by atoms with Gasteiger partial charge in [0.05, 0.1) is 17.4 Å². The molecule has 0 fully saturated rings. The molecule has 2 rings (SSSR count). The molecule has 0 unspecified atom stereocenters. The van der Waals surface area contributed by atoms with E-state index in [1.54, 1.807) is 0 Å². The second kappa shape index (κ2) is 6.88. The predicted molar refractivity (Wildman–Crippen MR) is 77.5 cm³/mol. The third-order valence-electron chi connectivity index (χ3n) is 2.34. The lowest BCUT2D eigenvalue weighted by Gasteiger charge is -2.03. The maximum absolute atomic E-state index is 5.86. The minimum atomic E-state index is 0.436. The van der Waals surface area contributed by atoms with Crippen LogP contribution >= 0.6 is 22.9 Å². The molecule has 7 heteroatoms. The molecule has 104 valence electrons. The summed E-state index contributed by atoms with van der Waals surface area (Å²) in [6.07, 6.45) is 0. The molecule has 2 aromatic heterocycles. The molecule has 19 heavy (non-hydrogen) atoms. The summed E-state index contributed by atoms with van der Waals surface area (Å²) in [7, 11) is 0. The van der Waals surface area contributed by atoms with Crippen molar-refractivity contribution in [3.8, 4) is 0 Å². The largest absolute Gasteiger partial charge is 0.407 e. The Labute approximate surface area is 121 Å². The minimum Gasteiger partial charge on any atom is -0.407 e. The Balaban J connectivity index is 1.77. The zero-order valence-corrected chi connectivity index (χ0v) is 12.5. The lowest BCUT2D eigenvalue weighted by molar-refractivity contribution is 0.458. The van der Waals surface area contributed by atoms with Crippen LogP contribution in [0.25, 0.3) is 0 Å². The first-order valence-corrected chi connectivity index (χ1v) is 7.34. The second-order valence-electron chi connectivity index (χ2n) is 4.59. The summed E-state index contributed by atoms with van der Waals surface area (Å²) in [5, 5.41) is 14.2. The van der Waals surface area contributed by atoms with Gasteiger partial charge < -0.3 is 15.1 Å². The Morgan fingerprint density at radius 3 is 2.84 bits per heavy atom. The second-order valence-corrected chi connectivity index (χ2v) is 6.38. The van der Waals surface area contributed by atoms with Gasteiger partial charge in [0.25, 0.3) is 0 Å². The Morgan fingerprint density at radius 2 is 2.16 bits per heavy atom. The highest BCUT2D eigenvalue weighted by atomic mass is 35.5. The molecular formula is C12H17ClN4OS. The van der Waals surface area contributed by atoms with Crippen molar-refractivity contribution < 1.29 is 4.42 Å². The number of nitrogens with zero attached hydrogens (tertiary/aromatic N) is 2. The van der Waals surface area contributed by atoms with Crippen LogP contribution in [-0.4, -0.2) is 16.7 Å². The van der Waals surface area contributed by atoms with Crippen LogP contribution in [0.15, 0.2) is 16.5 Å². The Hall–Kier alpha value is -1.11. The lowest BCUT2D eigenvalue weighted by atomic mass is 10.2. The van der Waals surface area contributed by atoms with Gasteiger partial charge in [-0.05, 0) is 24.6 Å². The first-order valence-electron chi connectivity index (χ1n) is 6.14. The van der Waals surface area contributed by atoms with E-state index < -0.39 is 0 Å². The minimum absolute atomic E-state index is 0.436. The normalized spacial score (nSPS) is 11.2. The fourth-order valence-electron chi connectivity index (χ4n) is 1.47. The first-order chi connectivity index (χ1) is 9.13. The number of rotatable bonds is 7. The summed E-state index contributed by atoms with van der Waals surface area (Å²) >= 11 is 7.39. The van der Waals surface area contributed by atoms with E-state index in [1.165, 1.54) is 11.3 Å². The first kappa shape index (κ1) is 14.3. The summed E-state index contributed by atoms with van der Waals surface area (Å²) in [5.74, 6) is 1.19. The number of nitrogens with one attached hydrogen (secondary N) is 2. The fourth-order valence-corrected chi connectivity index (χ4v) is 2.50. The summed E-state index contributed by atoms with van der Waals surface area (Å²) < 4.78 is 6.25. The van der Waals surface area contributed by atoms with Crippen LogP contribution in [0.4, 0.5) is 6.01 Å². The maximum Gasteiger partial charge on any atom is 0.315 e. The standard InChI is InChI=1S/C12H17ClN4OS/c1-8(2)5-14-7-11-16-17-12(18-11)15-6-9-3-4-10(13)19-9/h3-4,8,14H,5-7H2,1-2H3,(H,15,17). The zero-order valence-electron chi connectivity index (χ0n) is 10.9. The highest BCUT2D eigenvalue weighted by Crippen LogP contribution is 2.22. The lowest BCUT2D eigenvalue weighted by Crippen LogP contribution is -2.19. The molecule has 0 aliphatic heterocycles. The summed E-state index contributed by atoms with van der Waals surface area (Å²) in [6, 6.07) is 4.28. The predicted octanol–water partition coefficient (Wildman–Crippen LogP) is 3.14. The Kier molecular flexibility index (Phi) is 5.18. The number of halogens is 1. The van der Waals surface area contributed by atoms with Gasteiger partial charge in [0.15, 0.2) is 0 Å². The van der Waals surface area contributed by atoms with Crippen LogP contribution in [0.3, 0.4) is 0 Å². The molecular weight excluding hydrogens is 284 g/mol. The molecule has 5 nitrogen and oxygen atoms in total. The van der Waals surface area contributed by atoms with Crippen LogP contribution in [0.1, 0.15) is 24.6 Å². The van der Waals surface area contributed by atoms with E-state index in [-0.39, 0.29) is 0 Å².